The van der Waals surface area contributed by atoms with Crippen LogP contribution in [0.3, 0.4) is 0 Å². The molecule has 0 aliphatic rings. The molecule has 1 N–H and O–H groups in total. The third-order valence-corrected chi connectivity index (χ3v) is 2.62. The van der Waals surface area contributed by atoms with E-state index in [0.29, 0.717) is 5.56 Å². The molecule has 0 fully saturated rings. The van der Waals surface area contributed by atoms with Gasteiger partial charge in [-0.3, -0.25) is 4.98 Å². The van der Waals surface area contributed by atoms with Crippen LogP contribution in [-0.2, 0) is 4.74 Å². The Morgan fingerprint density at radius 2 is 2.17 bits per heavy atom. The van der Waals surface area contributed by atoms with Crippen LogP contribution in [0.4, 0.5) is 0 Å². The van der Waals surface area contributed by atoms with Crippen molar-refractivity contribution in [1.29, 1.82) is 0 Å². The van der Waals surface area contributed by atoms with Crippen molar-refractivity contribution >= 4 is 5.97 Å². The predicted molar refractivity (Wildman–Crippen MR) is 67.4 cm³/mol. The number of aromatic hydroxyl groups is 1. The van der Waals surface area contributed by atoms with E-state index in [0.717, 1.165) is 11.1 Å². The molecule has 0 aliphatic carbocycles. The van der Waals surface area contributed by atoms with Gasteiger partial charge in [-0.15, -0.1) is 0 Å². The van der Waals surface area contributed by atoms with Crippen LogP contribution in [0.5, 0.6) is 5.75 Å². The monoisotopic (exact) mass is 243 g/mol. The molecule has 18 heavy (non-hydrogen) atoms. The summed E-state index contributed by atoms with van der Waals surface area (Å²) in [5.74, 6) is -0.646. The molecule has 0 aliphatic heterocycles. The van der Waals surface area contributed by atoms with E-state index in [-0.39, 0.29) is 11.3 Å². The third-order valence-electron chi connectivity index (χ3n) is 2.62. The van der Waals surface area contributed by atoms with Crippen LogP contribution in [0.15, 0.2) is 36.7 Å². The summed E-state index contributed by atoms with van der Waals surface area (Å²) in [6, 6.07) is 6.96. The molecule has 0 saturated heterocycles. The number of aromatic nitrogens is 1. The maximum Gasteiger partial charge on any atom is 0.342 e. The molecule has 1 heterocycles. The van der Waals surface area contributed by atoms with Gasteiger partial charge in [0, 0.05) is 23.5 Å². The number of rotatable bonds is 2. The second kappa shape index (κ2) is 4.87. The van der Waals surface area contributed by atoms with Crippen LogP contribution < -0.4 is 0 Å². The van der Waals surface area contributed by atoms with Crippen LogP contribution in [0, 0.1) is 6.92 Å². The topological polar surface area (TPSA) is 59.4 Å². The molecule has 1 aromatic heterocycles. The highest BCUT2D eigenvalue weighted by Gasteiger charge is 2.18. The van der Waals surface area contributed by atoms with Crippen molar-refractivity contribution < 1.29 is 14.6 Å². The van der Waals surface area contributed by atoms with Crippen molar-refractivity contribution in [2.75, 3.05) is 7.11 Å². The van der Waals surface area contributed by atoms with Gasteiger partial charge in [0.1, 0.15) is 11.3 Å². The maximum absolute atomic E-state index is 11.7. The lowest BCUT2D eigenvalue weighted by molar-refractivity contribution is 0.0598. The molecular weight excluding hydrogens is 230 g/mol. The van der Waals surface area contributed by atoms with E-state index in [1.165, 1.54) is 13.2 Å². The van der Waals surface area contributed by atoms with Gasteiger partial charge in [0.25, 0.3) is 0 Å². The molecule has 2 aromatic rings. The summed E-state index contributed by atoms with van der Waals surface area (Å²) in [5, 5.41) is 9.91. The smallest absolute Gasteiger partial charge is 0.342 e. The highest BCUT2D eigenvalue weighted by molar-refractivity contribution is 6.00. The fraction of sp³-hybridized carbons (Fsp3) is 0.143. The summed E-state index contributed by atoms with van der Waals surface area (Å²) < 4.78 is 4.70. The molecule has 92 valence electrons. The molecule has 4 heteroatoms. The predicted octanol–water partition coefficient (Wildman–Crippen LogP) is 2.55. The average Bonchev–Trinajstić information content (AvgIpc) is 2.38. The van der Waals surface area contributed by atoms with Gasteiger partial charge in [0.05, 0.1) is 7.11 Å². The average molecular weight is 243 g/mol. The number of benzene rings is 1. The minimum absolute atomic E-state index is 0.0827. The van der Waals surface area contributed by atoms with E-state index < -0.39 is 5.97 Å². The number of hydrogen-bond acceptors (Lipinski definition) is 4. The Hall–Kier alpha value is -2.36. The van der Waals surface area contributed by atoms with Crippen LogP contribution in [0.25, 0.3) is 11.1 Å². The van der Waals surface area contributed by atoms with Gasteiger partial charge in [0.15, 0.2) is 0 Å². The zero-order valence-electron chi connectivity index (χ0n) is 10.2. The highest BCUT2D eigenvalue weighted by Crippen LogP contribution is 2.31. The summed E-state index contributed by atoms with van der Waals surface area (Å²) in [7, 11) is 1.29. The third kappa shape index (κ3) is 2.18. The van der Waals surface area contributed by atoms with E-state index in [1.807, 2.05) is 19.1 Å². The normalized spacial score (nSPS) is 10.1. The molecule has 4 nitrogen and oxygen atoms in total. The number of aryl methyl sites for hydroxylation is 1. The first-order valence-electron chi connectivity index (χ1n) is 5.46. The Balaban J connectivity index is 2.69. The quantitative estimate of drug-likeness (QED) is 0.823. The summed E-state index contributed by atoms with van der Waals surface area (Å²) in [6.45, 7) is 1.85. The minimum Gasteiger partial charge on any atom is -0.507 e. The standard InChI is InChI=1S/C14H13NO3/c1-9-6-11(10-4-3-5-15-8-10)13(12(16)7-9)14(17)18-2/h3-8,16H,1-2H3. The Bertz CT molecular complexity index is 579. The number of pyridine rings is 1. The molecule has 0 atom stereocenters. The molecule has 0 spiro atoms. The van der Waals surface area contributed by atoms with Crippen molar-refractivity contribution in [3.05, 3.63) is 47.8 Å². The zero-order valence-corrected chi connectivity index (χ0v) is 10.2. The first kappa shape index (κ1) is 12.1. The van der Waals surface area contributed by atoms with Crippen LogP contribution in [0.1, 0.15) is 15.9 Å². The first-order chi connectivity index (χ1) is 8.63. The second-order valence-corrected chi connectivity index (χ2v) is 3.94. The van der Waals surface area contributed by atoms with Gasteiger partial charge in [-0.2, -0.15) is 0 Å². The van der Waals surface area contributed by atoms with Gasteiger partial charge >= 0.3 is 5.97 Å². The van der Waals surface area contributed by atoms with Crippen molar-refractivity contribution in [3.8, 4) is 16.9 Å². The fourth-order valence-corrected chi connectivity index (χ4v) is 1.83. The molecule has 2 rings (SSSR count). The molecule has 0 bridgehead atoms. The number of hydrogen-bond donors (Lipinski definition) is 1. The Morgan fingerprint density at radius 3 is 2.78 bits per heavy atom. The maximum atomic E-state index is 11.7. The number of phenols is 1. The number of nitrogens with zero attached hydrogens (tertiary/aromatic N) is 1. The van der Waals surface area contributed by atoms with E-state index >= 15 is 0 Å². The number of carbonyl (C=O) groups is 1. The van der Waals surface area contributed by atoms with E-state index in [4.69, 9.17) is 4.74 Å². The molecule has 0 radical (unpaired) electrons. The molecule has 0 unspecified atom stereocenters. The summed E-state index contributed by atoms with van der Waals surface area (Å²) in [4.78, 5) is 15.7. The number of esters is 1. The summed E-state index contributed by atoms with van der Waals surface area (Å²) >= 11 is 0. The SMILES string of the molecule is COC(=O)c1c(O)cc(C)cc1-c1cccnc1. The van der Waals surface area contributed by atoms with Crippen LogP contribution >= 0.6 is 0 Å². The van der Waals surface area contributed by atoms with Gasteiger partial charge in [-0.05, 0) is 24.6 Å². The lowest BCUT2D eigenvalue weighted by Crippen LogP contribution is -2.04. The second-order valence-electron chi connectivity index (χ2n) is 3.94. The van der Waals surface area contributed by atoms with Gasteiger partial charge in [-0.1, -0.05) is 12.1 Å². The Morgan fingerprint density at radius 1 is 1.39 bits per heavy atom. The molecule has 0 amide bonds. The number of ether oxygens (including phenoxy) is 1. The number of phenolic OH excluding ortho intramolecular Hbond substituents is 1. The van der Waals surface area contributed by atoms with Crippen LogP contribution in [-0.4, -0.2) is 23.2 Å². The Labute approximate surface area is 105 Å². The zero-order chi connectivity index (χ0) is 13.1. The number of methoxy groups -OCH3 is 1. The van der Waals surface area contributed by atoms with Crippen molar-refractivity contribution in [2.45, 2.75) is 6.92 Å². The number of carbonyl (C=O) groups excluding carboxylic acids is 1. The summed E-state index contributed by atoms with van der Waals surface area (Å²) in [6.07, 6.45) is 3.29. The largest absolute Gasteiger partial charge is 0.507 e. The van der Waals surface area contributed by atoms with E-state index in [1.54, 1.807) is 18.5 Å². The van der Waals surface area contributed by atoms with Crippen molar-refractivity contribution in [3.63, 3.8) is 0 Å². The fourth-order valence-electron chi connectivity index (χ4n) is 1.83. The van der Waals surface area contributed by atoms with Crippen LogP contribution in [0.2, 0.25) is 0 Å². The van der Waals surface area contributed by atoms with E-state index in [9.17, 15) is 9.90 Å². The Kier molecular flexibility index (Phi) is 3.28. The molecule has 1 aromatic carbocycles. The van der Waals surface area contributed by atoms with Gasteiger partial charge < -0.3 is 9.84 Å². The van der Waals surface area contributed by atoms with Crippen molar-refractivity contribution in [1.82, 2.24) is 4.98 Å². The minimum atomic E-state index is -0.564. The lowest BCUT2D eigenvalue weighted by Gasteiger charge is -2.11. The first-order valence-corrected chi connectivity index (χ1v) is 5.46. The van der Waals surface area contributed by atoms with Crippen molar-refractivity contribution in [2.24, 2.45) is 0 Å². The highest BCUT2D eigenvalue weighted by atomic mass is 16.5. The summed E-state index contributed by atoms with van der Waals surface area (Å²) in [5.41, 5.74) is 2.40. The lowest BCUT2D eigenvalue weighted by atomic mass is 9.98. The molecule has 0 saturated carbocycles. The molecular formula is C14H13NO3. The van der Waals surface area contributed by atoms with Gasteiger partial charge in [0.2, 0.25) is 0 Å². The van der Waals surface area contributed by atoms with E-state index in [2.05, 4.69) is 4.98 Å². The van der Waals surface area contributed by atoms with Gasteiger partial charge in [-0.25, -0.2) is 4.79 Å².